The number of nitrogens with one attached hydrogen (secondary N) is 1. The van der Waals surface area contributed by atoms with E-state index < -0.39 is 0 Å². The van der Waals surface area contributed by atoms with E-state index in [1.54, 1.807) is 4.90 Å². The Bertz CT molecular complexity index is 533. The number of carbonyl (C=O) groups is 2. The van der Waals surface area contributed by atoms with Gasteiger partial charge in [-0.15, -0.1) is 0 Å². The van der Waals surface area contributed by atoms with Gasteiger partial charge in [-0.25, -0.2) is 0 Å². The number of aliphatic hydroxyl groups is 1. The molecular formula is C19H28N2O3. The fourth-order valence-corrected chi connectivity index (χ4v) is 3.18. The summed E-state index contributed by atoms with van der Waals surface area (Å²) in [6.07, 6.45) is 3.81. The standard InChI is InChI=1S/C19H28N2O3/c1-15(22)21(14-16-6-3-2-4-7-16)11-10-19(24)20-13-17-8-5-9-18(23)12-17/h2-4,6-7,17-18,23H,5,8-14H2,1H3,(H,20,24). The molecule has 2 amide bonds. The summed E-state index contributed by atoms with van der Waals surface area (Å²) < 4.78 is 0. The predicted octanol–water partition coefficient (Wildman–Crippen LogP) is 2.09. The van der Waals surface area contributed by atoms with Crippen LogP contribution in [0.1, 0.15) is 44.6 Å². The topological polar surface area (TPSA) is 69.6 Å². The van der Waals surface area contributed by atoms with Gasteiger partial charge in [-0.05, 0) is 30.7 Å². The van der Waals surface area contributed by atoms with Crippen LogP contribution in [0.15, 0.2) is 30.3 Å². The maximum Gasteiger partial charge on any atom is 0.221 e. The van der Waals surface area contributed by atoms with E-state index in [0.29, 0.717) is 32.0 Å². The van der Waals surface area contributed by atoms with Crippen LogP contribution in [0.4, 0.5) is 0 Å². The number of aliphatic hydroxyl groups excluding tert-OH is 1. The first-order valence-corrected chi connectivity index (χ1v) is 8.79. The van der Waals surface area contributed by atoms with Crippen molar-refractivity contribution in [3.05, 3.63) is 35.9 Å². The molecule has 2 rings (SSSR count). The summed E-state index contributed by atoms with van der Waals surface area (Å²) in [6.45, 7) is 3.10. The van der Waals surface area contributed by atoms with Gasteiger partial charge in [-0.2, -0.15) is 0 Å². The Balaban J connectivity index is 1.72. The normalized spacial score (nSPS) is 20.4. The summed E-state index contributed by atoms with van der Waals surface area (Å²) in [7, 11) is 0. The van der Waals surface area contributed by atoms with E-state index >= 15 is 0 Å². The summed E-state index contributed by atoms with van der Waals surface area (Å²) in [5.74, 6) is 0.308. The lowest BCUT2D eigenvalue weighted by molar-refractivity contribution is -0.130. The van der Waals surface area contributed by atoms with Gasteiger partial charge in [0.1, 0.15) is 0 Å². The quantitative estimate of drug-likeness (QED) is 0.803. The molecule has 2 unspecified atom stereocenters. The number of hydrogen-bond acceptors (Lipinski definition) is 3. The first-order valence-electron chi connectivity index (χ1n) is 8.79. The number of carbonyl (C=O) groups excluding carboxylic acids is 2. The fraction of sp³-hybridized carbons (Fsp3) is 0.579. The highest BCUT2D eigenvalue weighted by atomic mass is 16.3. The molecule has 1 aliphatic carbocycles. The van der Waals surface area contributed by atoms with Crippen LogP contribution in [0.3, 0.4) is 0 Å². The Morgan fingerprint density at radius 1 is 1.25 bits per heavy atom. The van der Waals surface area contributed by atoms with E-state index in [1.165, 1.54) is 6.92 Å². The monoisotopic (exact) mass is 332 g/mol. The third-order valence-corrected chi connectivity index (χ3v) is 4.61. The van der Waals surface area contributed by atoms with Gasteiger partial charge < -0.3 is 15.3 Å². The molecule has 0 aliphatic heterocycles. The van der Waals surface area contributed by atoms with Gasteiger partial charge in [0.25, 0.3) is 0 Å². The molecule has 2 N–H and O–H groups in total. The van der Waals surface area contributed by atoms with Crippen molar-refractivity contribution in [3.63, 3.8) is 0 Å². The molecule has 1 aliphatic rings. The van der Waals surface area contributed by atoms with Crippen LogP contribution in [0.5, 0.6) is 0 Å². The molecule has 24 heavy (non-hydrogen) atoms. The van der Waals surface area contributed by atoms with Crippen LogP contribution in [0.25, 0.3) is 0 Å². The van der Waals surface area contributed by atoms with E-state index in [9.17, 15) is 14.7 Å². The van der Waals surface area contributed by atoms with Gasteiger partial charge in [0.05, 0.1) is 6.10 Å². The Labute approximate surface area is 144 Å². The van der Waals surface area contributed by atoms with Gasteiger partial charge in [-0.3, -0.25) is 9.59 Å². The van der Waals surface area contributed by atoms with E-state index in [0.717, 1.165) is 31.2 Å². The van der Waals surface area contributed by atoms with Gasteiger partial charge in [0, 0.05) is 33.0 Å². The Morgan fingerprint density at radius 2 is 2.00 bits per heavy atom. The van der Waals surface area contributed by atoms with Gasteiger partial charge in [0.2, 0.25) is 11.8 Å². The average molecular weight is 332 g/mol. The van der Waals surface area contributed by atoms with E-state index in [4.69, 9.17) is 0 Å². The number of benzene rings is 1. The largest absolute Gasteiger partial charge is 0.393 e. The fourth-order valence-electron chi connectivity index (χ4n) is 3.18. The summed E-state index contributed by atoms with van der Waals surface area (Å²) in [5, 5.41) is 12.6. The van der Waals surface area contributed by atoms with E-state index in [1.807, 2.05) is 30.3 Å². The minimum absolute atomic E-state index is 0.0259. The predicted molar refractivity (Wildman–Crippen MR) is 93.1 cm³/mol. The van der Waals surface area contributed by atoms with E-state index in [-0.39, 0.29) is 17.9 Å². The lowest BCUT2D eigenvalue weighted by atomic mass is 9.87. The third-order valence-electron chi connectivity index (χ3n) is 4.61. The SMILES string of the molecule is CC(=O)N(CCC(=O)NCC1CCCC(O)C1)Cc1ccccc1. The number of nitrogens with zero attached hydrogens (tertiary/aromatic N) is 1. The van der Waals surface area contributed by atoms with Crippen molar-refractivity contribution in [1.29, 1.82) is 0 Å². The smallest absolute Gasteiger partial charge is 0.221 e. The maximum atomic E-state index is 12.0. The lowest BCUT2D eigenvalue weighted by Gasteiger charge is -2.26. The molecule has 0 radical (unpaired) electrons. The van der Waals surface area contributed by atoms with Crippen LogP contribution >= 0.6 is 0 Å². The van der Waals surface area contributed by atoms with Crippen molar-refractivity contribution in [3.8, 4) is 0 Å². The minimum Gasteiger partial charge on any atom is -0.393 e. The van der Waals surface area contributed by atoms with Crippen molar-refractivity contribution < 1.29 is 14.7 Å². The van der Waals surface area contributed by atoms with Crippen LogP contribution in [-0.2, 0) is 16.1 Å². The maximum absolute atomic E-state index is 12.0. The number of amides is 2. The van der Waals surface area contributed by atoms with Crippen LogP contribution < -0.4 is 5.32 Å². The average Bonchev–Trinajstić information content (AvgIpc) is 2.57. The van der Waals surface area contributed by atoms with Crippen LogP contribution in [0, 0.1) is 5.92 Å². The first kappa shape index (κ1) is 18.5. The summed E-state index contributed by atoms with van der Waals surface area (Å²) in [6, 6.07) is 9.78. The molecule has 5 heteroatoms. The molecule has 0 spiro atoms. The Hall–Kier alpha value is -1.88. The molecule has 1 aromatic rings. The second-order valence-electron chi connectivity index (χ2n) is 6.67. The number of hydrogen-bond donors (Lipinski definition) is 2. The molecule has 132 valence electrons. The van der Waals surface area contributed by atoms with Crippen LogP contribution in [0.2, 0.25) is 0 Å². The zero-order chi connectivity index (χ0) is 17.4. The molecule has 1 saturated carbocycles. The molecule has 2 atom stereocenters. The molecule has 0 aromatic heterocycles. The molecule has 1 aromatic carbocycles. The summed E-state index contributed by atoms with van der Waals surface area (Å²) in [4.78, 5) is 25.5. The highest BCUT2D eigenvalue weighted by molar-refractivity contribution is 5.78. The summed E-state index contributed by atoms with van der Waals surface area (Å²) >= 11 is 0. The minimum atomic E-state index is -0.222. The summed E-state index contributed by atoms with van der Waals surface area (Å²) in [5.41, 5.74) is 1.06. The molecular weight excluding hydrogens is 304 g/mol. The van der Waals surface area contributed by atoms with Crippen molar-refractivity contribution in [1.82, 2.24) is 10.2 Å². The highest BCUT2D eigenvalue weighted by Gasteiger charge is 2.20. The van der Waals surface area contributed by atoms with Crippen molar-refractivity contribution in [2.75, 3.05) is 13.1 Å². The Morgan fingerprint density at radius 3 is 2.67 bits per heavy atom. The van der Waals surface area contributed by atoms with Crippen molar-refractivity contribution >= 4 is 11.8 Å². The zero-order valence-electron chi connectivity index (χ0n) is 14.4. The van der Waals surface area contributed by atoms with Gasteiger partial charge >= 0.3 is 0 Å². The van der Waals surface area contributed by atoms with E-state index in [2.05, 4.69) is 5.32 Å². The molecule has 0 heterocycles. The second kappa shape index (κ2) is 9.42. The lowest BCUT2D eigenvalue weighted by Crippen LogP contribution is -2.36. The zero-order valence-corrected chi connectivity index (χ0v) is 14.4. The number of rotatable bonds is 7. The third kappa shape index (κ3) is 6.32. The van der Waals surface area contributed by atoms with Gasteiger partial charge in [0.15, 0.2) is 0 Å². The van der Waals surface area contributed by atoms with Crippen molar-refractivity contribution in [2.45, 2.75) is 51.7 Å². The van der Waals surface area contributed by atoms with Gasteiger partial charge in [-0.1, -0.05) is 36.8 Å². The molecule has 0 saturated heterocycles. The molecule has 5 nitrogen and oxygen atoms in total. The van der Waals surface area contributed by atoms with Crippen LogP contribution in [-0.4, -0.2) is 41.0 Å². The van der Waals surface area contributed by atoms with Crippen molar-refractivity contribution in [2.24, 2.45) is 5.92 Å². The second-order valence-corrected chi connectivity index (χ2v) is 6.67. The molecule has 1 fully saturated rings. The highest BCUT2D eigenvalue weighted by Crippen LogP contribution is 2.23. The first-order chi connectivity index (χ1) is 11.5. The molecule has 0 bridgehead atoms. The Kier molecular flexibility index (Phi) is 7.25.